The van der Waals surface area contributed by atoms with Crippen molar-refractivity contribution in [3.8, 4) is 0 Å². The second kappa shape index (κ2) is 4.30. The van der Waals surface area contributed by atoms with Gasteiger partial charge in [0.2, 0.25) is 0 Å². The molecular formula is C6H9F3O3. The lowest BCUT2D eigenvalue weighted by Crippen LogP contribution is -2.32. The molecule has 0 spiro atoms. The molecule has 0 aromatic heterocycles. The lowest BCUT2D eigenvalue weighted by molar-refractivity contribution is -0.217. The maximum Gasteiger partial charge on any atom is 0.425 e. The maximum absolute atomic E-state index is 11.7. The molecule has 0 bridgehead atoms. The molecule has 0 radical (unpaired) electrons. The van der Waals surface area contributed by atoms with Crippen LogP contribution in [-0.2, 0) is 14.3 Å². The third-order valence-corrected chi connectivity index (χ3v) is 1.03. The Morgan fingerprint density at radius 1 is 1.50 bits per heavy atom. The molecule has 0 rings (SSSR count). The Morgan fingerprint density at radius 2 is 2.00 bits per heavy atom. The molecule has 3 nitrogen and oxygen atoms in total. The number of hydrogen-bond acceptors (Lipinski definition) is 3. The monoisotopic (exact) mass is 186 g/mol. The highest BCUT2D eigenvalue weighted by molar-refractivity contribution is 5.70. The Morgan fingerprint density at radius 3 is 2.33 bits per heavy atom. The van der Waals surface area contributed by atoms with Gasteiger partial charge in [-0.25, -0.2) is 4.79 Å². The van der Waals surface area contributed by atoms with Crippen molar-refractivity contribution < 1.29 is 27.4 Å². The largest absolute Gasteiger partial charge is 0.451 e. The predicted molar refractivity (Wildman–Crippen MR) is 33.5 cm³/mol. The summed E-state index contributed by atoms with van der Waals surface area (Å²) in [5, 5.41) is 0. The SMILES string of the molecule is COCC(=O)OC(C)C(F)(F)F. The van der Waals surface area contributed by atoms with Gasteiger partial charge in [-0.15, -0.1) is 0 Å². The minimum Gasteiger partial charge on any atom is -0.451 e. The van der Waals surface area contributed by atoms with Gasteiger partial charge in [0.15, 0.2) is 6.10 Å². The third-order valence-electron chi connectivity index (χ3n) is 1.03. The van der Waals surface area contributed by atoms with Crippen LogP contribution in [0, 0.1) is 0 Å². The van der Waals surface area contributed by atoms with E-state index in [4.69, 9.17) is 0 Å². The number of alkyl halides is 3. The Kier molecular flexibility index (Phi) is 4.02. The van der Waals surface area contributed by atoms with E-state index in [0.29, 0.717) is 0 Å². The first-order valence-electron chi connectivity index (χ1n) is 3.13. The zero-order valence-electron chi connectivity index (χ0n) is 6.64. The highest BCUT2D eigenvalue weighted by Gasteiger charge is 2.38. The normalized spacial score (nSPS) is 14.1. The van der Waals surface area contributed by atoms with Gasteiger partial charge in [0, 0.05) is 7.11 Å². The van der Waals surface area contributed by atoms with Crippen LogP contribution in [0.2, 0.25) is 0 Å². The van der Waals surface area contributed by atoms with Crippen LogP contribution in [0.5, 0.6) is 0 Å². The molecule has 0 aromatic carbocycles. The number of carbonyl (C=O) groups is 1. The van der Waals surface area contributed by atoms with E-state index in [0.717, 1.165) is 6.92 Å². The van der Waals surface area contributed by atoms with Crippen molar-refractivity contribution in [2.45, 2.75) is 19.2 Å². The van der Waals surface area contributed by atoms with Crippen LogP contribution >= 0.6 is 0 Å². The summed E-state index contributed by atoms with van der Waals surface area (Å²) in [5.41, 5.74) is 0. The van der Waals surface area contributed by atoms with Gasteiger partial charge in [-0.1, -0.05) is 0 Å². The first-order chi connectivity index (χ1) is 5.38. The summed E-state index contributed by atoms with van der Waals surface area (Å²) in [7, 11) is 1.19. The highest BCUT2D eigenvalue weighted by atomic mass is 19.4. The summed E-state index contributed by atoms with van der Waals surface area (Å²) < 4.78 is 43.4. The molecule has 1 unspecified atom stereocenters. The summed E-state index contributed by atoms with van der Waals surface area (Å²) in [4.78, 5) is 10.5. The molecule has 1 atom stereocenters. The summed E-state index contributed by atoms with van der Waals surface area (Å²) in [6.45, 7) is 0.286. The number of hydrogen-bond donors (Lipinski definition) is 0. The molecule has 0 aliphatic heterocycles. The molecular weight excluding hydrogens is 177 g/mol. The number of ether oxygens (including phenoxy) is 2. The van der Waals surface area contributed by atoms with E-state index < -0.39 is 24.9 Å². The van der Waals surface area contributed by atoms with Gasteiger partial charge in [0.05, 0.1) is 0 Å². The van der Waals surface area contributed by atoms with Crippen LogP contribution in [0.4, 0.5) is 13.2 Å². The van der Waals surface area contributed by atoms with Crippen LogP contribution in [0.1, 0.15) is 6.92 Å². The lowest BCUT2D eigenvalue weighted by atomic mass is 10.4. The molecule has 12 heavy (non-hydrogen) atoms. The van der Waals surface area contributed by atoms with Gasteiger partial charge < -0.3 is 9.47 Å². The van der Waals surface area contributed by atoms with E-state index in [-0.39, 0.29) is 0 Å². The molecule has 0 saturated carbocycles. The molecule has 0 N–H and O–H groups in total. The van der Waals surface area contributed by atoms with Crippen LogP contribution in [0.15, 0.2) is 0 Å². The zero-order chi connectivity index (χ0) is 9.78. The third kappa shape index (κ3) is 4.17. The van der Waals surface area contributed by atoms with Crippen molar-refractivity contribution in [3.05, 3.63) is 0 Å². The number of methoxy groups -OCH3 is 1. The number of esters is 1. The van der Waals surface area contributed by atoms with E-state index in [1.54, 1.807) is 0 Å². The standard InChI is InChI=1S/C6H9F3O3/c1-4(6(7,8)9)12-5(10)3-11-2/h4H,3H2,1-2H3. The fourth-order valence-electron chi connectivity index (χ4n) is 0.416. The molecule has 6 heteroatoms. The van der Waals surface area contributed by atoms with Gasteiger partial charge >= 0.3 is 12.1 Å². The van der Waals surface area contributed by atoms with E-state index in [9.17, 15) is 18.0 Å². The summed E-state index contributed by atoms with van der Waals surface area (Å²) in [6, 6.07) is 0. The van der Waals surface area contributed by atoms with Crippen LogP contribution < -0.4 is 0 Å². The van der Waals surface area contributed by atoms with Gasteiger partial charge in [-0.2, -0.15) is 13.2 Å². The minimum atomic E-state index is -4.51. The van der Waals surface area contributed by atoms with Crippen molar-refractivity contribution in [1.82, 2.24) is 0 Å². The van der Waals surface area contributed by atoms with Gasteiger partial charge in [0.1, 0.15) is 6.61 Å². The van der Waals surface area contributed by atoms with E-state index in [1.807, 2.05) is 0 Å². The summed E-state index contributed by atoms with van der Waals surface area (Å²) in [6.07, 6.45) is -6.59. The van der Waals surface area contributed by atoms with Gasteiger partial charge in [-0.3, -0.25) is 0 Å². The fraction of sp³-hybridized carbons (Fsp3) is 0.833. The first kappa shape index (κ1) is 11.2. The molecule has 0 heterocycles. The number of halogens is 3. The van der Waals surface area contributed by atoms with E-state index in [2.05, 4.69) is 9.47 Å². The Hall–Kier alpha value is -0.780. The predicted octanol–water partition coefficient (Wildman–Crippen LogP) is 1.13. The van der Waals surface area contributed by atoms with Crippen LogP contribution in [0.3, 0.4) is 0 Å². The second-order valence-electron chi connectivity index (χ2n) is 2.11. The topological polar surface area (TPSA) is 35.5 Å². The van der Waals surface area contributed by atoms with Crippen LogP contribution in [-0.4, -0.2) is 32.0 Å². The fourth-order valence-corrected chi connectivity index (χ4v) is 0.416. The lowest BCUT2D eigenvalue weighted by Gasteiger charge is -2.15. The first-order valence-corrected chi connectivity index (χ1v) is 3.13. The Bertz CT molecular complexity index is 155. The van der Waals surface area contributed by atoms with Crippen molar-refractivity contribution in [3.63, 3.8) is 0 Å². The molecule has 0 fully saturated rings. The van der Waals surface area contributed by atoms with E-state index in [1.165, 1.54) is 7.11 Å². The highest BCUT2D eigenvalue weighted by Crippen LogP contribution is 2.22. The van der Waals surface area contributed by atoms with Gasteiger partial charge in [0.25, 0.3) is 0 Å². The Labute approximate surface area is 67.4 Å². The van der Waals surface area contributed by atoms with E-state index >= 15 is 0 Å². The number of carbonyl (C=O) groups excluding carboxylic acids is 1. The molecule has 0 aliphatic carbocycles. The molecule has 0 aromatic rings. The molecule has 72 valence electrons. The minimum absolute atomic E-state index is 0.472. The maximum atomic E-state index is 11.7. The van der Waals surface area contributed by atoms with Crippen molar-refractivity contribution in [2.75, 3.05) is 13.7 Å². The quantitative estimate of drug-likeness (QED) is 0.619. The molecule has 0 aliphatic rings. The van der Waals surface area contributed by atoms with Crippen molar-refractivity contribution >= 4 is 5.97 Å². The zero-order valence-corrected chi connectivity index (χ0v) is 6.64. The average Bonchev–Trinajstić information content (AvgIpc) is 1.85. The summed E-state index contributed by atoms with van der Waals surface area (Å²) >= 11 is 0. The second-order valence-corrected chi connectivity index (χ2v) is 2.11. The smallest absolute Gasteiger partial charge is 0.425 e. The average molecular weight is 186 g/mol. The summed E-state index contributed by atoms with van der Waals surface area (Å²) in [5.74, 6) is -1.03. The molecule has 0 saturated heterocycles. The van der Waals surface area contributed by atoms with Crippen molar-refractivity contribution in [1.29, 1.82) is 0 Å². The van der Waals surface area contributed by atoms with Crippen LogP contribution in [0.25, 0.3) is 0 Å². The Balaban J connectivity index is 3.84. The van der Waals surface area contributed by atoms with Crippen molar-refractivity contribution in [2.24, 2.45) is 0 Å². The molecule has 0 amide bonds. The number of rotatable bonds is 3. The van der Waals surface area contributed by atoms with Gasteiger partial charge in [-0.05, 0) is 6.92 Å².